The van der Waals surface area contributed by atoms with Crippen LogP contribution in [0.2, 0.25) is 0 Å². The molecule has 0 fully saturated rings. The zero-order valence-corrected chi connectivity index (χ0v) is 10.6. The second-order valence-corrected chi connectivity index (χ2v) is 5.28. The molecule has 0 aliphatic carbocycles. The van der Waals surface area contributed by atoms with Gasteiger partial charge in [-0.3, -0.25) is 0 Å². The fourth-order valence-corrected chi connectivity index (χ4v) is 2.16. The first kappa shape index (κ1) is 13.3. The van der Waals surface area contributed by atoms with Crippen LogP contribution < -0.4 is 9.88 Å². The van der Waals surface area contributed by atoms with Gasteiger partial charge in [0.2, 0.25) is 10.0 Å². The van der Waals surface area contributed by atoms with Crippen LogP contribution in [0.4, 0.5) is 0 Å². The van der Waals surface area contributed by atoms with Crippen molar-refractivity contribution in [2.24, 2.45) is 5.14 Å². The Morgan fingerprint density at radius 1 is 0.947 bits per heavy atom. The summed E-state index contributed by atoms with van der Waals surface area (Å²) in [5.41, 5.74) is 0.326. The first-order chi connectivity index (χ1) is 8.98. The van der Waals surface area contributed by atoms with Gasteiger partial charge in [0.25, 0.3) is 0 Å². The number of hydrogen-bond acceptors (Lipinski definition) is 4. The molecule has 0 atom stereocenters. The molecule has 0 bridgehead atoms. The summed E-state index contributed by atoms with van der Waals surface area (Å²) in [6, 6.07) is 14.0. The summed E-state index contributed by atoms with van der Waals surface area (Å²) < 4.78 is 27.8. The number of carbonyl (C=O) groups is 1. The molecular weight excluding hydrogens is 266 g/mol. The van der Waals surface area contributed by atoms with E-state index in [0.29, 0.717) is 5.56 Å². The van der Waals surface area contributed by atoms with Crippen LogP contribution in [0.5, 0.6) is 5.75 Å². The lowest BCUT2D eigenvalue weighted by atomic mass is 10.2. The Bertz CT molecular complexity index is 696. The predicted molar refractivity (Wildman–Crippen MR) is 69.2 cm³/mol. The van der Waals surface area contributed by atoms with E-state index >= 15 is 0 Å². The Balaban J connectivity index is 2.33. The Morgan fingerprint density at radius 3 is 2.16 bits per heavy atom. The maximum absolute atomic E-state index is 11.8. The van der Waals surface area contributed by atoms with Crippen molar-refractivity contribution >= 4 is 16.0 Å². The highest BCUT2D eigenvalue weighted by atomic mass is 32.2. The summed E-state index contributed by atoms with van der Waals surface area (Å²) in [6.45, 7) is 0. The predicted octanol–water partition coefficient (Wildman–Crippen LogP) is 1.55. The molecule has 0 spiro atoms. The van der Waals surface area contributed by atoms with E-state index in [0.717, 1.165) is 0 Å². The lowest BCUT2D eigenvalue weighted by Crippen LogP contribution is -2.16. The van der Waals surface area contributed by atoms with Crippen LogP contribution in [0.3, 0.4) is 0 Å². The highest BCUT2D eigenvalue weighted by Gasteiger charge is 2.17. The molecule has 2 aromatic rings. The maximum atomic E-state index is 11.8. The van der Waals surface area contributed by atoms with Crippen molar-refractivity contribution in [1.29, 1.82) is 0 Å². The van der Waals surface area contributed by atoms with Crippen LogP contribution in [0, 0.1) is 0 Å². The van der Waals surface area contributed by atoms with Crippen molar-refractivity contribution in [2.75, 3.05) is 0 Å². The molecule has 0 radical (unpaired) electrons. The van der Waals surface area contributed by atoms with Gasteiger partial charge in [0.05, 0.1) is 5.56 Å². The average Bonchev–Trinajstić information content (AvgIpc) is 2.39. The number of benzene rings is 2. The SMILES string of the molecule is NS(=O)(=O)c1ccccc1OC(=O)c1ccccc1. The van der Waals surface area contributed by atoms with Crippen LogP contribution >= 0.6 is 0 Å². The van der Waals surface area contributed by atoms with Gasteiger partial charge in [-0.25, -0.2) is 18.4 Å². The van der Waals surface area contributed by atoms with Crippen molar-refractivity contribution in [3.05, 3.63) is 60.2 Å². The summed E-state index contributed by atoms with van der Waals surface area (Å²) in [6.07, 6.45) is 0. The Labute approximate surface area is 110 Å². The van der Waals surface area contributed by atoms with Crippen LogP contribution in [0.25, 0.3) is 0 Å². The summed E-state index contributed by atoms with van der Waals surface area (Å²) >= 11 is 0. The van der Waals surface area contributed by atoms with E-state index < -0.39 is 16.0 Å². The second kappa shape index (κ2) is 5.21. The summed E-state index contributed by atoms with van der Waals surface area (Å²) in [4.78, 5) is 11.6. The molecule has 2 rings (SSSR count). The molecule has 5 nitrogen and oxygen atoms in total. The smallest absolute Gasteiger partial charge is 0.343 e. The molecule has 98 valence electrons. The molecule has 0 amide bonds. The molecule has 6 heteroatoms. The number of ether oxygens (including phenoxy) is 1. The van der Waals surface area contributed by atoms with Crippen LogP contribution in [0.15, 0.2) is 59.5 Å². The Hall–Kier alpha value is -2.18. The van der Waals surface area contributed by atoms with Crippen molar-refractivity contribution in [2.45, 2.75) is 4.90 Å². The summed E-state index contributed by atoms with van der Waals surface area (Å²) in [7, 11) is -3.94. The van der Waals surface area contributed by atoms with Crippen LogP contribution in [0.1, 0.15) is 10.4 Å². The average molecular weight is 277 g/mol. The highest BCUT2D eigenvalue weighted by molar-refractivity contribution is 7.89. The number of nitrogens with two attached hydrogens (primary N) is 1. The second-order valence-electron chi connectivity index (χ2n) is 3.75. The van der Waals surface area contributed by atoms with E-state index in [9.17, 15) is 13.2 Å². The fourth-order valence-electron chi connectivity index (χ4n) is 1.50. The molecule has 0 heterocycles. The van der Waals surface area contributed by atoms with E-state index in [1.54, 1.807) is 36.4 Å². The lowest BCUT2D eigenvalue weighted by Gasteiger charge is -2.08. The first-order valence-electron chi connectivity index (χ1n) is 5.37. The molecular formula is C13H11NO4S. The monoisotopic (exact) mass is 277 g/mol. The van der Waals surface area contributed by atoms with Gasteiger partial charge >= 0.3 is 5.97 Å². The van der Waals surface area contributed by atoms with Gasteiger partial charge in [-0.2, -0.15) is 0 Å². The minimum Gasteiger partial charge on any atom is -0.421 e. The fraction of sp³-hybridized carbons (Fsp3) is 0. The number of hydrogen-bond donors (Lipinski definition) is 1. The van der Waals surface area contributed by atoms with Crippen LogP contribution in [-0.4, -0.2) is 14.4 Å². The molecule has 0 saturated carbocycles. The van der Waals surface area contributed by atoms with Gasteiger partial charge in [-0.15, -0.1) is 0 Å². The number of para-hydroxylation sites is 1. The minimum absolute atomic E-state index is 0.0844. The lowest BCUT2D eigenvalue weighted by molar-refractivity contribution is 0.0730. The first-order valence-corrected chi connectivity index (χ1v) is 6.92. The number of primary sulfonamides is 1. The van der Waals surface area contributed by atoms with Gasteiger partial charge in [0.1, 0.15) is 4.90 Å². The molecule has 2 N–H and O–H groups in total. The van der Waals surface area contributed by atoms with E-state index in [4.69, 9.17) is 9.88 Å². The third-order valence-corrected chi connectivity index (χ3v) is 3.32. The van der Waals surface area contributed by atoms with Crippen molar-refractivity contribution in [3.63, 3.8) is 0 Å². The topological polar surface area (TPSA) is 86.5 Å². The molecule has 0 saturated heterocycles. The number of sulfonamides is 1. The van der Waals surface area contributed by atoms with Gasteiger partial charge in [0.15, 0.2) is 5.75 Å². The molecule has 2 aromatic carbocycles. The normalized spacial score (nSPS) is 11.0. The molecule has 19 heavy (non-hydrogen) atoms. The standard InChI is InChI=1S/C13H11NO4S/c14-19(16,17)12-9-5-4-8-11(12)18-13(15)10-6-2-1-3-7-10/h1-9H,(H2,14,16,17). The molecule has 0 aliphatic heterocycles. The Kier molecular flexibility index (Phi) is 3.64. The largest absolute Gasteiger partial charge is 0.421 e. The Morgan fingerprint density at radius 2 is 1.53 bits per heavy atom. The number of esters is 1. The maximum Gasteiger partial charge on any atom is 0.343 e. The summed E-state index contributed by atoms with van der Waals surface area (Å²) in [5, 5.41) is 5.05. The molecule has 0 aliphatic rings. The molecule has 0 aromatic heterocycles. The number of rotatable bonds is 3. The minimum atomic E-state index is -3.94. The quantitative estimate of drug-likeness (QED) is 0.681. The molecule has 0 unspecified atom stereocenters. The van der Waals surface area contributed by atoms with E-state index in [2.05, 4.69) is 0 Å². The summed E-state index contributed by atoms with van der Waals surface area (Å²) in [5.74, 6) is -0.726. The van der Waals surface area contributed by atoms with Gasteiger partial charge in [-0.1, -0.05) is 30.3 Å². The van der Waals surface area contributed by atoms with Crippen LogP contribution in [-0.2, 0) is 10.0 Å². The zero-order valence-electron chi connectivity index (χ0n) is 9.81. The van der Waals surface area contributed by atoms with Gasteiger partial charge in [0, 0.05) is 0 Å². The van der Waals surface area contributed by atoms with Crippen molar-refractivity contribution < 1.29 is 17.9 Å². The van der Waals surface area contributed by atoms with E-state index in [-0.39, 0.29) is 10.6 Å². The van der Waals surface area contributed by atoms with Gasteiger partial charge < -0.3 is 4.74 Å². The zero-order chi connectivity index (χ0) is 13.9. The van der Waals surface area contributed by atoms with Crippen molar-refractivity contribution in [1.82, 2.24) is 0 Å². The number of carbonyl (C=O) groups excluding carboxylic acids is 1. The third kappa shape index (κ3) is 3.18. The highest BCUT2D eigenvalue weighted by Crippen LogP contribution is 2.22. The third-order valence-electron chi connectivity index (χ3n) is 2.37. The van der Waals surface area contributed by atoms with E-state index in [1.165, 1.54) is 18.2 Å². The van der Waals surface area contributed by atoms with Gasteiger partial charge in [-0.05, 0) is 24.3 Å². The van der Waals surface area contributed by atoms with Crippen molar-refractivity contribution in [3.8, 4) is 5.75 Å². The van der Waals surface area contributed by atoms with E-state index in [1.807, 2.05) is 0 Å².